The summed E-state index contributed by atoms with van der Waals surface area (Å²) >= 11 is 17.9. The molecule has 170 valence electrons. The lowest BCUT2D eigenvalue weighted by Crippen LogP contribution is -2.29. The van der Waals surface area contributed by atoms with Crippen LogP contribution >= 0.6 is 34.8 Å². The van der Waals surface area contributed by atoms with Gasteiger partial charge in [-0.3, -0.25) is 9.10 Å². The minimum atomic E-state index is -3.96. The molecular weight excluding hydrogens is 511 g/mol. The molecule has 4 rings (SSSR count). The van der Waals surface area contributed by atoms with E-state index < -0.39 is 21.9 Å². The third-order valence-electron chi connectivity index (χ3n) is 5.08. The topological polar surface area (TPSA) is 104 Å². The summed E-state index contributed by atoms with van der Waals surface area (Å²) in [6.07, 6.45) is 0.483. The second kappa shape index (κ2) is 8.87. The SMILES string of the molecule is O=C(Nc1ccc(C(=O)O)c(Cl)c1)c1ccc2c(c1)N(S(=O)(=O)c1cc(Cl)cc(Cl)c1)CC2. The smallest absolute Gasteiger partial charge is 0.337 e. The van der Waals surface area contributed by atoms with Crippen LogP contribution < -0.4 is 9.62 Å². The van der Waals surface area contributed by atoms with Gasteiger partial charge in [0.25, 0.3) is 15.9 Å². The fourth-order valence-corrected chi connectivity index (χ4v) is 6.00. The number of benzene rings is 3. The van der Waals surface area contributed by atoms with Crippen LogP contribution in [0.5, 0.6) is 0 Å². The Balaban J connectivity index is 1.63. The summed E-state index contributed by atoms with van der Waals surface area (Å²) in [5.74, 6) is -1.69. The summed E-state index contributed by atoms with van der Waals surface area (Å²) < 4.78 is 27.7. The van der Waals surface area contributed by atoms with Crippen molar-refractivity contribution in [3.05, 3.63) is 86.4 Å². The molecule has 3 aromatic rings. The molecule has 0 unspecified atom stereocenters. The van der Waals surface area contributed by atoms with E-state index in [1.54, 1.807) is 12.1 Å². The summed E-state index contributed by atoms with van der Waals surface area (Å²) in [6.45, 7) is 0.207. The fourth-order valence-electron chi connectivity index (χ4n) is 3.52. The predicted octanol–water partition coefficient (Wildman–Crippen LogP) is 5.35. The number of carboxylic acid groups (broad SMARTS) is 1. The van der Waals surface area contributed by atoms with Gasteiger partial charge >= 0.3 is 5.97 Å². The predicted molar refractivity (Wildman–Crippen MR) is 128 cm³/mol. The maximum atomic E-state index is 13.2. The molecule has 0 spiro atoms. The van der Waals surface area contributed by atoms with E-state index in [-0.39, 0.29) is 37.6 Å². The molecule has 0 saturated carbocycles. The van der Waals surface area contributed by atoms with Gasteiger partial charge in [-0.25, -0.2) is 13.2 Å². The first kappa shape index (κ1) is 23.4. The van der Waals surface area contributed by atoms with Gasteiger partial charge in [0.15, 0.2) is 0 Å². The zero-order valence-corrected chi connectivity index (χ0v) is 19.8. The van der Waals surface area contributed by atoms with Crippen LogP contribution in [-0.2, 0) is 16.4 Å². The summed E-state index contributed by atoms with van der Waals surface area (Å²) in [7, 11) is -3.96. The molecule has 1 heterocycles. The summed E-state index contributed by atoms with van der Waals surface area (Å²) in [4.78, 5) is 23.8. The molecule has 1 aliphatic rings. The third kappa shape index (κ3) is 4.65. The van der Waals surface area contributed by atoms with Gasteiger partial charge in [-0.1, -0.05) is 40.9 Å². The number of nitrogens with one attached hydrogen (secondary N) is 1. The first-order chi connectivity index (χ1) is 15.6. The highest BCUT2D eigenvalue weighted by Gasteiger charge is 2.32. The molecule has 0 radical (unpaired) electrons. The number of hydrogen-bond donors (Lipinski definition) is 2. The van der Waals surface area contributed by atoms with E-state index in [4.69, 9.17) is 39.9 Å². The van der Waals surface area contributed by atoms with Crippen LogP contribution in [0.15, 0.2) is 59.5 Å². The monoisotopic (exact) mass is 524 g/mol. The van der Waals surface area contributed by atoms with Crippen molar-refractivity contribution < 1.29 is 23.1 Å². The Morgan fingerprint density at radius 3 is 2.27 bits per heavy atom. The molecule has 0 fully saturated rings. The Morgan fingerprint density at radius 1 is 0.939 bits per heavy atom. The first-order valence-corrected chi connectivity index (χ1v) is 12.1. The van der Waals surface area contributed by atoms with Crippen molar-refractivity contribution in [1.82, 2.24) is 0 Å². The van der Waals surface area contributed by atoms with E-state index in [2.05, 4.69) is 5.32 Å². The number of anilines is 2. The number of halogens is 3. The molecule has 2 N–H and O–H groups in total. The van der Waals surface area contributed by atoms with Crippen molar-refractivity contribution in [2.24, 2.45) is 0 Å². The van der Waals surface area contributed by atoms with Crippen LogP contribution in [0.4, 0.5) is 11.4 Å². The summed E-state index contributed by atoms with van der Waals surface area (Å²) in [5, 5.41) is 12.1. The van der Waals surface area contributed by atoms with E-state index in [0.29, 0.717) is 17.8 Å². The Morgan fingerprint density at radius 2 is 1.64 bits per heavy atom. The molecule has 0 atom stereocenters. The Hall–Kier alpha value is -2.78. The van der Waals surface area contributed by atoms with Gasteiger partial charge < -0.3 is 10.4 Å². The van der Waals surface area contributed by atoms with E-state index in [1.807, 2.05) is 0 Å². The third-order valence-corrected chi connectivity index (χ3v) is 7.62. The Bertz CT molecular complexity index is 1390. The minimum Gasteiger partial charge on any atom is -0.478 e. The minimum absolute atomic E-state index is 0.0216. The van der Waals surface area contributed by atoms with Gasteiger partial charge in [-0.05, 0) is 60.5 Å². The quantitative estimate of drug-likeness (QED) is 0.467. The Labute approximate surface area is 204 Å². The van der Waals surface area contributed by atoms with Crippen LogP contribution in [0.2, 0.25) is 15.1 Å². The molecule has 11 heteroatoms. The fraction of sp³-hybridized carbons (Fsp3) is 0.0909. The van der Waals surface area contributed by atoms with Gasteiger partial charge in [0, 0.05) is 27.8 Å². The molecule has 0 aromatic heterocycles. The number of nitrogens with zero attached hydrogens (tertiary/aromatic N) is 1. The number of carbonyl (C=O) groups is 2. The van der Waals surface area contributed by atoms with Gasteiger partial charge in [0.05, 0.1) is 21.2 Å². The summed E-state index contributed by atoms with van der Waals surface area (Å²) in [6, 6.07) is 12.9. The number of carbonyl (C=O) groups excluding carboxylic acids is 1. The average Bonchev–Trinajstić information content (AvgIpc) is 3.17. The van der Waals surface area contributed by atoms with E-state index in [0.717, 1.165) is 5.56 Å². The standard InChI is InChI=1S/C22H15Cl3N2O5S/c23-14-8-15(24)10-17(9-14)33(31,32)27-6-5-12-1-2-13(7-20(12)27)21(28)26-16-3-4-18(22(29)30)19(25)11-16/h1-4,7-11H,5-6H2,(H,26,28)(H,29,30). The number of sulfonamides is 1. The Kier molecular flexibility index (Phi) is 6.28. The van der Waals surface area contributed by atoms with Crippen LogP contribution in [-0.4, -0.2) is 31.9 Å². The van der Waals surface area contributed by atoms with Crippen molar-refractivity contribution >= 4 is 68.1 Å². The molecule has 7 nitrogen and oxygen atoms in total. The highest BCUT2D eigenvalue weighted by molar-refractivity contribution is 7.92. The largest absolute Gasteiger partial charge is 0.478 e. The molecule has 3 aromatic carbocycles. The molecule has 0 aliphatic carbocycles. The number of carboxylic acids is 1. The van der Waals surface area contributed by atoms with Gasteiger partial charge in [-0.15, -0.1) is 0 Å². The van der Waals surface area contributed by atoms with Crippen molar-refractivity contribution in [3.8, 4) is 0 Å². The van der Waals surface area contributed by atoms with Crippen LogP contribution in [0.1, 0.15) is 26.3 Å². The number of aromatic carboxylic acids is 1. The molecule has 0 saturated heterocycles. The number of fused-ring (bicyclic) bond motifs is 1. The first-order valence-electron chi connectivity index (χ1n) is 9.52. The van der Waals surface area contributed by atoms with Crippen molar-refractivity contribution in [3.63, 3.8) is 0 Å². The molecule has 33 heavy (non-hydrogen) atoms. The van der Waals surface area contributed by atoms with Crippen molar-refractivity contribution in [2.75, 3.05) is 16.2 Å². The highest BCUT2D eigenvalue weighted by atomic mass is 35.5. The van der Waals surface area contributed by atoms with Crippen LogP contribution in [0.3, 0.4) is 0 Å². The van der Waals surface area contributed by atoms with Crippen LogP contribution in [0.25, 0.3) is 0 Å². The maximum absolute atomic E-state index is 13.2. The lowest BCUT2D eigenvalue weighted by Gasteiger charge is -2.20. The van der Waals surface area contributed by atoms with Crippen molar-refractivity contribution in [1.29, 1.82) is 0 Å². The lowest BCUT2D eigenvalue weighted by atomic mass is 10.1. The second-order valence-electron chi connectivity index (χ2n) is 7.23. The average molecular weight is 526 g/mol. The van der Waals surface area contributed by atoms with Crippen LogP contribution in [0, 0.1) is 0 Å². The zero-order chi connectivity index (χ0) is 23.9. The number of amides is 1. The van der Waals surface area contributed by atoms with Gasteiger partial charge in [-0.2, -0.15) is 0 Å². The number of rotatable bonds is 5. The zero-order valence-electron chi connectivity index (χ0n) is 16.7. The maximum Gasteiger partial charge on any atom is 0.337 e. The van der Waals surface area contributed by atoms with Crippen molar-refractivity contribution in [2.45, 2.75) is 11.3 Å². The second-order valence-corrected chi connectivity index (χ2v) is 10.4. The van der Waals surface area contributed by atoms with E-state index in [9.17, 15) is 18.0 Å². The van der Waals surface area contributed by atoms with Gasteiger partial charge in [0.2, 0.25) is 0 Å². The molecular formula is C22H15Cl3N2O5S. The molecule has 1 amide bonds. The van der Waals surface area contributed by atoms with E-state index in [1.165, 1.54) is 46.8 Å². The highest BCUT2D eigenvalue weighted by Crippen LogP contribution is 2.35. The normalized spacial score (nSPS) is 13.0. The molecule has 0 bridgehead atoms. The molecule has 1 aliphatic heterocycles. The van der Waals surface area contributed by atoms with E-state index >= 15 is 0 Å². The van der Waals surface area contributed by atoms with Gasteiger partial charge in [0.1, 0.15) is 0 Å². The lowest BCUT2D eigenvalue weighted by molar-refractivity contribution is 0.0697. The number of hydrogen-bond acceptors (Lipinski definition) is 4. The summed E-state index contributed by atoms with van der Waals surface area (Å²) in [5.41, 5.74) is 1.59.